The second kappa shape index (κ2) is 16.7. The molecule has 0 fully saturated rings. The molecule has 0 atom stereocenters. The fraction of sp³-hybridized carbons (Fsp3) is 0.929. The Kier molecular flexibility index (Phi) is 18.2. The maximum atomic E-state index is 12.2. The Balaban J connectivity index is 0. The smallest absolute Gasteiger partial charge is 0.287 e. The highest BCUT2D eigenvalue weighted by molar-refractivity contribution is 7.48. The van der Waals surface area contributed by atoms with Crippen molar-refractivity contribution in [2.75, 3.05) is 19.8 Å². The van der Waals surface area contributed by atoms with Gasteiger partial charge in [-0.25, -0.2) is 4.57 Å². The van der Waals surface area contributed by atoms with Crippen LogP contribution in [0.3, 0.4) is 0 Å². The molecule has 6 heteroatoms. The third kappa shape index (κ3) is 15.7. The molecule has 0 aliphatic carbocycles. The molecule has 0 spiro atoms. The zero-order chi connectivity index (χ0) is 15.7. The molecule has 0 rings (SSSR count). The van der Waals surface area contributed by atoms with Crippen LogP contribution in [0.25, 0.3) is 0 Å². The van der Waals surface area contributed by atoms with Crippen molar-refractivity contribution in [3.05, 3.63) is 0 Å². The van der Waals surface area contributed by atoms with Crippen LogP contribution in [-0.4, -0.2) is 19.8 Å². The van der Waals surface area contributed by atoms with Gasteiger partial charge in [-0.2, -0.15) is 5.26 Å². The van der Waals surface area contributed by atoms with Crippen LogP contribution in [0.4, 0.5) is 0 Å². The van der Waals surface area contributed by atoms with E-state index in [2.05, 4.69) is 20.8 Å². The normalized spacial score (nSPS) is 10.6. The molecule has 0 aromatic rings. The summed E-state index contributed by atoms with van der Waals surface area (Å²) >= 11 is 0. The molecular weight excluding hydrogens is 277 g/mol. The standard InChI is InChI=1S/C12H27O4P.C2H3N/c1-4-7-10-14-17(13,15-11-8-5-2)16-12-9-6-3;1-2-3/h4-12H2,1-3H3;1H3. The number of phosphoric acid groups is 1. The van der Waals surface area contributed by atoms with Crippen molar-refractivity contribution in [1.82, 2.24) is 0 Å². The topological polar surface area (TPSA) is 68.5 Å². The van der Waals surface area contributed by atoms with E-state index < -0.39 is 7.82 Å². The molecule has 0 N–H and O–H groups in total. The molecule has 120 valence electrons. The summed E-state index contributed by atoms with van der Waals surface area (Å²) in [4.78, 5) is 0. The Morgan fingerprint density at radius 1 is 0.850 bits per heavy atom. The number of phosphoric ester groups is 1. The van der Waals surface area contributed by atoms with Crippen molar-refractivity contribution in [1.29, 1.82) is 5.26 Å². The molecule has 0 aliphatic heterocycles. The van der Waals surface area contributed by atoms with Crippen LogP contribution in [0.15, 0.2) is 0 Å². The minimum atomic E-state index is -3.31. The SMILES string of the molecule is CC#N.CCCCOP(=O)(OCCCC)OCCCC. The molecule has 0 unspecified atom stereocenters. The van der Waals surface area contributed by atoms with Crippen molar-refractivity contribution in [2.24, 2.45) is 0 Å². The predicted octanol–water partition coefficient (Wildman–Crippen LogP) is 5.07. The number of unbranched alkanes of at least 4 members (excludes halogenated alkanes) is 3. The van der Waals surface area contributed by atoms with E-state index in [1.165, 1.54) is 6.92 Å². The van der Waals surface area contributed by atoms with Crippen molar-refractivity contribution < 1.29 is 18.1 Å². The van der Waals surface area contributed by atoms with Gasteiger partial charge < -0.3 is 0 Å². The number of hydrogen-bond acceptors (Lipinski definition) is 5. The van der Waals surface area contributed by atoms with E-state index in [4.69, 9.17) is 18.8 Å². The summed E-state index contributed by atoms with van der Waals surface area (Å²) in [6.45, 7) is 8.92. The van der Waals surface area contributed by atoms with Gasteiger partial charge in [0.2, 0.25) is 0 Å². The highest BCUT2D eigenvalue weighted by Gasteiger charge is 2.25. The van der Waals surface area contributed by atoms with E-state index >= 15 is 0 Å². The predicted molar refractivity (Wildman–Crippen MR) is 81.5 cm³/mol. The monoisotopic (exact) mass is 307 g/mol. The van der Waals surface area contributed by atoms with Crippen LogP contribution in [0.1, 0.15) is 66.2 Å². The Hall–Kier alpha value is -0.400. The van der Waals surface area contributed by atoms with Gasteiger partial charge in [-0.15, -0.1) is 0 Å². The molecule has 0 aromatic heterocycles. The summed E-state index contributed by atoms with van der Waals surface area (Å²) in [5.41, 5.74) is 0. The first-order valence-corrected chi connectivity index (χ1v) is 8.90. The van der Waals surface area contributed by atoms with Gasteiger partial charge in [-0.05, 0) is 19.3 Å². The minimum absolute atomic E-state index is 0.437. The third-order valence-electron chi connectivity index (χ3n) is 2.24. The quantitative estimate of drug-likeness (QED) is 0.372. The van der Waals surface area contributed by atoms with Crippen LogP contribution in [-0.2, 0) is 18.1 Å². The van der Waals surface area contributed by atoms with Gasteiger partial charge in [-0.3, -0.25) is 13.6 Å². The Morgan fingerprint density at radius 3 is 1.30 bits per heavy atom. The van der Waals surface area contributed by atoms with Crippen molar-refractivity contribution in [3.8, 4) is 6.07 Å². The van der Waals surface area contributed by atoms with Gasteiger partial charge in [0, 0.05) is 6.92 Å². The zero-order valence-corrected chi connectivity index (χ0v) is 14.3. The lowest BCUT2D eigenvalue weighted by molar-refractivity contribution is 0.110. The molecule has 0 amide bonds. The van der Waals surface area contributed by atoms with Crippen LogP contribution >= 0.6 is 7.82 Å². The number of nitrogens with zero attached hydrogens (tertiary/aromatic N) is 1. The van der Waals surface area contributed by atoms with Gasteiger partial charge in [-0.1, -0.05) is 40.0 Å². The fourth-order valence-corrected chi connectivity index (χ4v) is 2.36. The number of hydrogen-bond donors (Lipinski definition) is 0. The van der Waals surface area contributed by atoms with Crippen LogP contribution in [0, 0.1) is 11.3 Å². The van der Waals surface area contributed by atoms with Gasteiger partial charge in [0.05, 0.1) is 25.9 Å². The highest BCUT2D eigenvalue weighted by atomic mass is 31.2. The molecule has 0 bridgehead atoms. The van der Waals surface area contributed by atoms with Crippen LogP contribution < -0.4 is 0 Å². The lowest BCUT2D eigenvalue weighted by atomic mass is 10.4. The molecule has 0 saturated heterocycles. The van der Waals surface area contributed by atoms with E-state index in [1.807, 2.05) is 0 Å². The second-order valence-electron chi connectivity index (χ2n) is 4.23. The first-order valence-electron chi connectivity index (χ1n) is 7.44. The molecule has 0 radical (unpaired) electrons. The first-order chi connectivity index (χ1) is 9.60. The third-order valence-corrected chi connectivity index (χ3v) is 3.74. The Morgan fingerprint density at radius 2 is 1.10 bits per heavy atom. The zero-order valence-electron chi connectivity index (χ0n) is 13.4. The van der Waals surface area contributed by atoms with E-state index in [0.29, 0.717) is 19.8 Å². The molecule has 0 aromatic carbocycles. The summed E-state index contributed by atoms with van der Waals surface area (Å²) in [6, 6.07) is 1.75. The first kappa shape index (κ1) is 21.9. The lowest BCUT2D eigenvalue weighted by Gasteiger charge is -2.17. The fourth-order valence-electron chi connectivity index (χ4n) is 1.07. The summed E-state index contributed by atoms with van der Waals surface area (Å²) in [6.07, 6.45) is 5.63. The molecule has 5 nitrogen and oxygen atoms in total. The summed E-state index contributed by atoms with van der Waals surface area (Å²) in [7, 11) is -3.31. The van der Waals surface area contributed by atoms with E-state index in [0.717, 1.165) is 38.5 Å². The summed E-state index contributed by atoms with van der Waals surface area (Å²) < 4.78 is 28.0. The molecule has 0 heterocycles. The van der Waals surface area contributed by atoms with Crippen LogP contribution in [0.5, 0.6) is 0 Å². The van der Waals surface area contributed by atoms with Crippen molar-refractivity contribution in [3.63, 3.8) is 0 Å². The van der Waals surface area contributed by atoms with E-state index in [-0.39, 0.29) is 0 Å². The Bertz CT molecular complexity index is 246. The lowest BCUT2D eigenvalue weighted by Crippen LogP contribution is -2.03. The summed E-state index contributed by atoms with van der Waals surface area (Å²) in [5, 5.41) is 7.32. The van der Waals surface area contributed by atoms with Gasteiger partial charge in [0.25, 0.3) is 0 Å². The highest BCUT2D eigenvalue weighted by Crippen LogP contribution is 2.49. The number of nitriles is 1. The van der Waals surface area contributed by atoms with Gasteiger partial charge in [0.1, 0.15) is 0 Å². The molecule has 20 heavy (non-hydrogen) atoms. The number of rotatable bonds is 12. The average Bonchev–Trinajstić information content (AvgIpc) is 2.41. The van der Waals surface area contributed by atoms with E-state index in [1.54, 1.807) is 6.07 Å². The second-order valence-corrected chi connectivity index (χ2v) is 5.90. The Labute approximate surface area is 124 Å². The maximum Gasteiger partial charge on any atom is 0.474 e. The largest absolute Gasteiger partial charge is 0.474 e. The summed E-state index contributed by atoms with van der Waals surface area (Å²) in [5.74, 6) is 0. The molecular formula is C14H30NO4P. The van der Waals surface area contributed by atoms with Gasteiger partial charge >= 0.3 is 7.82 Å². The van der Waals surface area contributed by atoms with E-state index in [9.17, 15) is 4.57 Å². The van der Waals surface area contributed by atoms with Gasteiger partial charge in [0.15, 0.2) is 0 Å². The molecule has 0 saturated carbocycles. The minimum Gasteiger partial charge on any atom is -0.287 e. The van der Waals surface area contributed by atoms with Crippen LogP contribution in [0.2, 0.25) is 0 Å². The van der Waals surface area contributed by atoms with Crippen molar-refractivity contribution in [2.45, 2.75) is 66.2 Å². The average molecular weight is 307 g/mol. The molecule has 0 aliphatic rings. The maximum absolute atomic E-state index is 12.2. The van der Waals surface area contributed by atoms with Crippen molar-refractivity contribution >= 4 is 7.82 Å².